The first kappa shape index (κ1) is 20.9. The minimum Gasteiger partial charge on any atom is -0.477 e. The van der Waals surface area contributed by atoms with E-state index in [9.17, 15) is 4.57 Å². The molecule has 0 N–H and O–H groups in total. The summed E-state index contributed by atoms with van der Waals surface area (Å²) in [6.07, 6.45) is 1.53. The van der Waals surface area contributed by atoms with Crippen LogP contribution in [0, 0.1) is 0 Å². The number of aromatic nitrogens is 2. The maximum atomic E-state index is 12.6. The zero-order chi connectivity index (χ0) is 19.2. The maximum Gasteiger partial charge on any atom is 0.330 e. The number of fused-ring (bicyclic) bond motifs is 1. The Labute approximate surface area is 158 Å². The molecular formula is C17H24ClN2O5P. The van der Waals surface area contributed by atoms with Crippen LogP contribution < -0.4 is 9.47 Å². The van der Waals surface area contributed by atoms with Gasteiger partial charge in [-0.3, -0.25) is 4.57 Å². The van der Waals surface area contributed by atoms with Gasteiger partial charge in [-0.1, -0.05) is 11.6 Å². The van der Waals surface area contributed by atoms with Crippen molar-refractivity contribution in [1.29, 1.82) is 0 Å². The van der Waals surface area contributed by atoms with Crippen LogP contribution in [0.1, 0.15) is 25.8 Å². The molecule has 26 heavy (non-hydrogen) atoms. The average Bonchev–Trinajstić information content (AvgIpc) is 2.60. The van der Waals surface area contributed by atoms with Crippen LogP contribution in [0.3, 0.4) is 0 Å². The van der Waals surface area contributed by atoms with Crippen molar-refractivity contribution in [2.24, 2.45) is 0 Å². The minimum absolute atomic E-state index is 0.297. The summed E-state index contributed by atoms with van der Waals surface area (Å²) in [5, 5.41) is 0.548. The van der Waals surface area contributed by atoms with E-state index in [4.69, 9.17) is 30.1 Å². The quantitative estimate of drug-likeness (QED) is 0.541. The summed E-state index contributed by atoms with van der Waals surface area (Å²) in [6.45, 7) is 4.29. The number of halogens is 1. The van der Waals surface area contributed by atoms with E-state index in [1.165, 1.54) is 14.2 Å². The topological polar surface area (TPSA) is 79.8 Å². The summed E-state index contributed by atoms with van der Waals surface area (Å²) in [6, 6.07) is 3.55. The van der Waals surface area contributed by atoms with Crippen LogP contribution in [-0.2, 0) is 20.0 Å². The molecule has 0 amide bonds. The molecule has 0 unspecified atom stereocenters. The number of hydrogen-bond acceptors (Lipinski definition) is 7. The van der Waals surface area contributed by atoms with E-state index in [1.54, 1.807) is 19.9 Å². The van der Waals surface area contributed by atoms with Crippen LogP contribution in [0.15, 0.2) is 12.1 Å². The molecule has 2 rings (SSSR count). The first-order chi connectivity index (χ1) is 12.5. The number of aryl methyl sites for hydroxylation is 1. The highest BCUT2D eigenvalue weighted by Crippen LogP contribution is 2.48. The smallest absolute Gasteiger partial charge is 0.330 e. The SMILES string of the molecule is CCOP(=O)(CCCc1cc(Cl)cc2nc(OC)c(OC)nc12)OCC. The third kappa shape index (κ3) is 5.07. The van der Waals surface area contributed by atoms with Crippen molar-refractivity contribution in [2.45, 2.75) is 26.7 Å². The monoisotopic (exact) mass is 402 g/mol. The Morgan fingerprint density at radius 3 is 2.23 bits per heavy atom. The summed E-state index contributed by atoms with van der Waals surface area (Å²) in [7, 11) is -0.0591. The fraction of sp³-hybridized carbons (Fsp3) is 0.529. The van der Waals surface area contributed by atoms with E-state index >= 15 is 0 Å². The molecule has 0 atom stereocenters. The van der Waals surface area contributed by atoms with Gasteiger partial charge < -0.3 is 18.5 Å². The first-order valence-electron chi connectivity index (χ1n) is 8.42. The van der Waals surface area contributed by atoms with Crippen LogP contribution >= 0.6 is 19.2 Å². The molecule has 9 heteroatoms. The number of hydrogen-bond donors (Lipinski definition) is 0. The van der Waals surface area contributed by atoms with E-state index in [0.29, 0.717) is 60.0 Å². The van der Waals surface area contributed by atoms with E-state index in [0.717, 1.165) is 5.56 Å². The Kier molecular flexibility index (Phi) is 7.65. The Balaban J connectivity index is 2.27. The molecule has 1 aromatic heterocycles. The molecule has 1 heterocycles. The molecule has 2 aromatic rings. The van der Waals surface area contributed by atoms with Gasteiger partial charge in [-0.15, -0.1) is 0 Å². The van der Waals surface area contributed by atoms with Crippen LogP contribution in [0.4, 0.5) is 0 Å². The largest absolute Gasteiger partial charge is 0.477 e. The summed E-state index contributed by atoms with van der Waals surface area (Å²) >= 11 is 6.22. The molecule has 0 aliphatic heterocycles. The summed E-state index contributed by atoms with van der Waals surface area (Å²) in [4.78, 5) is 8.90. The van der Waals surface area contributed by atoms with Gasteiger partial charge in [-0.2, -0.15) is 0 Å². The molecule has 144 valence electrons. The normalized spacial score (nSPS) is 11.7. The number of rotatable bonds is 10. The van der Waals surface area contributed by atoms with Crippen molar-refractivity contribution in [3.05, 3.63) is 22.7 Å². The highest BCUT2D eigenvalue weighted by molar-refractivity contribution is 7.53. The van der Waals surface area contributed by atoms with Crippen LogP contribution in [0.2, 0.25) is 5.02 Å². The second-order valence-corrected chi connectivity index (χ2v) is 8.07. The molecule has 0 radical (unpaired) electrons. The summed E-state index contributed by atoms with van der Waals surface area (Å²) in [5.74, 6) is 0.600. The highest BCUT2D eigenvalue weighted by Gasteiger charge is 2.23. The molecule has 0 bridgehead atoms. The fourth-order valence-corrected chi connectivity index (χ4v) is 4.54. The molecule has 7 nitrogen and oxygen atoms in total. The lowest BCUT2D eigenvalue weighted by molar-refractivity contribution is 0.220. The van der Waals surface area contributed by atoms with E-state index in [2.05, 4.69) is 9.97 Å². The number of nitrogens with zero attached hydrogens (tertiary/aromatic N) is 2. The van der Waals surface area contributed by atoms with Gasteiger partial charge in [0.1, 0.15) is 0 Å². The lowest BCUT2D eigenvalue weighted by atomic mass is 10.1. The Bertz CT molecular complexity index is 792. The molecule has 0 aliphatic rings. The van der Waals surface area contributed by atoms with Gasteiger partial charge in [0.2, 0.25) is 0 Å². The van der Waals surface area contributed by atoms with Crippen LogP contribution in [0.25, 0.3) is 11.0 Å². The predicted molar refractivity (Wildman–Crippen MR) is 102 cm³/mol. The molecule has 0 saturated heterocycles. The average molecular weight is 403 g/mol. The number of methoxy groups -OCH3 is 2. The van der Waals surface area contributed by atoms with Gasteiger partial charge in [0.25, 0.3) is 11.8 Å². The second kappa shape index (κ2) is 9.51. The lowest BCUT2D eigenvalue weighted by Gasteiger charge is -2.17. The summed E-state index contributed by atoms with van der Waals surface area (Å²) < 4.78 is 33.7. The Hall–Kier alpha value is -1.40. The van der Waals surface area contributed by atoms with Gasteiger partial charge in [0.15, 0.2) is 0 Å². The van der Waals surface area contributed by atoms with Crippen molar-refractivity contribution < 1.29 is 23.1 Å². The van der Waals surface area contributed by atoms with Crippen molar-refractivity contribution in [3.63, 3.8) is 0 Å². The first-order valence-corrected chi connectivity index (χ1v) is 10.5. The highest BCUT2D eigenvalue weighted by atomic mass is 35.5. The van der Waals surface area contributed by atoms with Crippen molar-refractivity contribution in [3.8, 4) is 11.8 Å². The van der Waals surface area contributed by atoms with Crippen molar-refractivity contribution in [2.75, 3.05) is 33.6 Å². The third-order valence-electron chi connectivity index (χ3n) is 3.67. The Morgan fingerprint density at radius 2 is 1.65 bits per heavy atom. The van der Waals surface area contributed by atoms with Crippen LogP contribution in [-0.4, -0.2) is 43.6 Å². The van der Waals surface area contributed by atoms with Crippen molar-refractivity contribution in [1.82, 2.24) is 9.97 Å². The van der Waals surface area contributed by atoms with Gasteiger partial charge in [-0.05, 0) is 44.4 Å². The minimum atomic E-state index is -3.07. The van der Waals surface area contributed by atoms with Gasteiger partial charge in [-0.25, -0.2) is 9.97 Å². The van der Waals surface area contributed by atoms with Crippen LogP contribution in [0.5, 0.6) is 11.8 Å². The molecular weight excluding hydrogens is 379 g/mol. The molecule has 0 fully saturated rings. The zero-order valence-corrected chi connectivity index (χ0v) is 17.1. The molecule has 1 aromatic carbocycles. The molecule has 0 saturated carbocycles. The Morgan fingerprint density at radius 1 is 1.04 bits per heavy atom. The van der Waals surface area contributed by atoms with Crippen molar-refractivity contribution >= 4 is 30.2 Å². The lowest BCUT2D eigenvalue weighted by Crippen LogP contribution is -2.03. The van der Waals surface area contributed by atoms with E-state index in [1.807, 2.05) is 6.07 Å². The van der Waals surface area contributed by atoms with Gasteiger partial charge in [0.05, 0.1) is 44.6 Å². The fourth-order valence-electron chi connectivity index (χ4n) is 2.64. The number of benzene rings is 1. The number of ether oxygens (including phenoxy) is 2. The molecule has 0 spiro atoms. The van der Waals surface area contributed by atoms with Gasteiger partial charge >= 0.3 is 7.60 Å². The zero-order valence-electron chi connectivity index (χ0n) is 15.5. The second-order valence-electron chi connectivity index (χ2n) is 5.45. The molecule has 0 aliphatic carbocycles. The van der Waals surface area contributed by atoms with E-state index < -0.39 is 7.60 Å². The standard InChI is InChI=1S/C17H24ClN2O5P/c1-5-24-26(21,25-6-2)9-7-8-12-10-13(18)11-14-15(12)20-17(23-4)16(19-14)22-3/h10-11H,5-9H2,1-4H3. The van der Waals surface area contributed by atoms with E-state index in [-0.39, 0.29) is 0 Å². The summed E-state index contributed by atoms with van der Waals surface area (Å²) in [5.41, 5.74) is 2.18. The predicted octanol–water partition coefficient (Wildman–Crippen LogP) is 4.50. The maximum absolute atomic E-state index is 12.6. The third-order valence-corrected chi connectivity index (χ3v) is 6.05. The van der Waals surface area contributed by atoms with Gasteiger partial charge in [0, 0.05) is 5.02 Å².